The second kappa shape index (κ2) is 3.75. The van der Waals surface area contributed by atoms with Crippen LogP contribution in [0.25, 0.3) is 22.6 Å². The molecule has 3 rings (SSSR count). The van der Waals surface area contributed by atoms with Crippen LogP contribution in [0, 0.1) is 0 Å². The lowest BCUT2D eigenvalue weighted by molar-refractivity contribution is 0.619. The zero-order chi connectivity index (χ0) is 11.8. The molecule has 0 amide bonds. The van der Waals surface area contributed by atoms with E-state index in [9.17, 15) is 0 Å². The minimum Gasteiger partial charge on any atom is -0.436 e. The molecule has 0 fully saturated rings. The highest BCUT2D eigenvalue weighted by atomic mass is 35.5. The maximum absolute atomic E-state index is 5.88. The highest BCUT2D eigenvalue weighted by Gasteiger charge is 2.08. The molecule has 0 saturated carbocycles. The molecule has 2 heterocycles. The van der Waals surface area contributed by atoms with Crippen molar-refractivity contribution in [2.75, 3.05) is 5.73 Å². The van der Waals surface area contributed by atoms with Crippen molar-refractivity contribution in [3.63, 3.8) is 0 Å². The minimum absolute atomic E-state index is 0.466. The molecule has 0 saturated heterocycles. The Bertz CT molecular complexity index is 676. The van der Waals surface area contributed by atoms with Crippen molar-refractivity contribution >= 4 is 28.5 Å². The van der Waals surface area contributed by atoms with E-state index in [1.807, 2.05) is 6.07 Å². The molecule has 0 radical (unpaired) electrons. The summed E-state index contributed by atoms with van der Waals surface area (Å²) < 4.78 is 5.60. The summed E-state index contributed by atoms with van der Waals surface area (Å²) in [6.07, 6.45) is 1.63. The van der Waals surface area contributed by atoms with Gasteiger partial charge in [-0.25, -0.2) is 9.97 Å². The lowest BCUT2D eigenvalue weighted by Gasteiger charge is -1.94. The molecule has 0 spiro atoms. The van der Waals surface area contributed by atoms with Gasteiger partial charge in [0, 0.05) is 11.2 Å². The Morgan fingerprint density at radius 3 is 2.82 bits per heavy atom. The van der Waals surface area contributed by atoms with Gasteiger partial charge in [0.2, 0.25) is 5.89 Å². The van der Waals surface area contributed by atoms with Gasteiger partial charge in [0.25, 0.3) is 0 Å². The van der Waals surface area contributed by atoms with Gasteiger partial charge in [0.1, 0.15) is 11.3 Å². The number of anilines is 1. The van der Waals surface area contributed by atoms with Crippen LogP contribution in [-0.4, -0.2) is 9.97 Å². The summed E-state index contributed by atoms with van der Waals surface area (Å²) in [6, 6.07) is 8.83. The van der Waals surface area contributed by atoms with E-state index in [4.69, 9.17) is 21.8 Å². The first-order valence-corrected chi connectivity index (χ1v) is 5.38. The number of rotatable bonds is 1. The molecule has 0 aliphatic carbocycles. The van der Waals surface area contributed by atoms with Crippen LogP contribution in [0.1, 0.15) is 0 Å². The van der Waals surface area contributed by atoms with E-state index >= 15 is 0 Å². The van der Waals surface area contributed by atoms with Crippen LogP contribution >= 0.6 is 11.6 Å². The van der Waals surface area contributed by atoms with E-state index in [1.165, 1.54) is 0 Å². The maximum Gasteiger partial charge on any atom is 0.228 e. The van der Waals surface area contributed by atoms with Crippen LogP contribution in [0.4, 0.5) is 5.82 Å². The summed E-state index contributed by atoms with van der Waals surface area (Å²) in [5.74, 6) is 0.975. The molecular formula is C12H8ClN3O. The standard InChI is InChI=1S/C12H8ClN3O/c13-8-2-3-10-9(5-8)16-12(17-10)7-1-4-11(14)15-6-7/h1-6H,(H2,14,15). The van der Waals surface area contributed by atoms with Gasteiger partial charge in [-0.3, -0.25) is 0 Å². The number of nitrogen functional groups attached to an aromatic ring is 1. The average Bonchev–Trinajstić information content (AvgIpc) is 2.72. The smallest absolute Gasteiger partial charge is 0.228 e. The first-order valence-electron chi connectivity index (χ1n) is 5.00. The van der Waals surface area contributed by atoms with Gasteiger partial charge in [-0.2, -0.15) is 0 Å². The molecule has 2 aromatic heterocycles. The van der Waals surface area contributed by atoms with E-state index in [0.717, 1.165) is 11.1 Å². The number of fused-ring (bicyclic) bond motifs is 1. The number of nitrogens with zero attached hydrogens (tertiary/aromatic N) is 2. The van der Waals surface area contributed by atoms with Crippen molar-refractivity contribution in [3.05, 3.63) is 41.6 Å². The zero-order valence-corrected chi connectivity index (χ0v) is 9.48. The van der Waals surface area contributed by atoms with E-state index in [0.29, 0.717) is 22.3 Å². The van der Waals surface area contributed by atoms with Gasteiger partial charge in [-0.1, -0.05) is 11.6 Å². The quantitative estimate of drug-likeness (QED) is 0.715. The highest BCUT2D eigenvalue weighted by Crippen LogP contribution is 2.25. The van der Waals surface area contributed by atoms with Gasteiger partial charge in [0.15, 0.2) is 5.58 Å². The lowest BCUT2D eigenvalue weighted by Crippen LogP contribution is -1.88. The van der Waals surface area contributed by atoms with Gasteiger partial charge < -0.3 is 10.2 Å². The zero-order valence-electron chi connectivity index (χ0n) is 8.72. The molecule has 5 heteroatoms. The van der Waals surface area contributed by atoms with Crippen molar-refractivity contribution in [1.29, 1.82) is 0 Å². The molecule has 0 atom stereocenters. The number of hydrogen-bond donors (Lipinski definition) is 1. The van der Waals surface area contributed by atoms with Crippen LogP contribution in [0.2, 0.25) is 5.02 Å². The summed E-state index contributed by atoms with van der Waals surface area (Å²) in [6.45, 7) is 0. The Kier molecular flexibility index (Phi) is 2.23. The van der Waals surface area contributed by atoms with Crippen LogP contribution in [0.5, 0.6) is 0 Å². The number of oxazole rings is 1. The predicted octanol–water partition coefficient (Wildman–Crippen LogP) is 3.13. The fourth-order valence-corrected chi connectivity index (χ4v) is 1.72. The third-order valence-corrected chi connectivity index (χ3v) is 2.62. The monoisotopic (exact) mass is 245 g/mol. The topological polar surface area (TPSA) is 64.9 Å². The third kappa shape index (κ3) is 1.83. The van der Waals surface area contributed by atoms with Crippen molar-refractivity contribution in [2.45, 2.75) is 0 Å². The largest absolute Gasteiger partial charge is 0.436 e. The number of benzene rings is 1. The Hall–Kier alpha value is -2.07. The summed E-state index contributed by atoms with van der Waals surface area (Å²) in [7, 11) is 0. The Balaban J connectivity index is 2.14. The molecule has 17 heavy (non-hydrogen) atoms. The van der Waals surface area contributed by atoms with Crippen molar-refractivity contribution in [1.82, 2.24) is 9.97 Å². The van der Waals surface area contributed by atoms with E-state index in [2.05, 4.69) is 9.97 Å². The Labute approximate surface area is 102 Å². The summed E-state index contributed by atoms with van der Waals surface area (Å²) in [4.78, 5) is 8.34. The number of pyridine rings is 1. The van der Waals surface area contributed by atoms with Crippen LogP contribution < -0.4 is 5.73 Å². The fraction of sp³-hybridized carbons (Fsp3) is 0. The van der Waals surface area contributed by atoms with E-state index in [-0.39, 0.29) is 0 Å². The predicted molar refractivity (Wildman–Crippen MR) is 66.7 cm³/mol. The SMILES string of the molecule is Nc1ccc(-c2nc3cc(Cl)ccc3o2)cn1. The van der Waals surface area contributed by atoms with Crippen LogP contribution in [-0.2, 0) is 0 Å². The normalized spacial score (nSPS) is 10.9. The van der Waals surface area contributed by atoms with Gasteiger partial charge in [-0.05, 0) is 30.3 Å². The molecule has 0 aliphatic heterocycles. The van der Waals surface area contributed by atoms with Gasteiger partial charge in [0.05, 0.1) is 5.56 Å². The summed E-state index contributed by atoms with van der Waals surface area (Å²) >= 11 is 5.88. The molecule has 4 nitrogen and oxygen atoms in total. The summed E-state index contributed by atoms with van der Waals surface area (Å²) in [5.41, 5.74) is 7.73. The average molecular weight is 246 g/mol. The van der Waals surface area contributed by atoms with E-state index < -0.39 is 0 Å². The molecule has 0 aliphatic rings. The molecular weight excluding hydrogens is 238 g/mol. The van der Waals surface area contributed by atoms with Gasteiger partial charge in [-0.15, -0.1) is 0 Å². The number of hydrogen-bond acceptors (Lipinski definition) is 4. The molecule has 2 N–H and O–H groups in total. The van der Waals surface area contributed by atoms with Crippen molar-refractivity contribution in [3.8, 4) is 11.5 Å². The van der Waals surface area contributed by atoms with Crippen LogP contribution in [0.15, 0.2) is 40.9 Å². The van der Waals surface area contributed by atoms with Gasteiger partial charge >= 0.3 is 0 Å². The Morgan fingerprint density at radius 2 is 2.06 bits per heavy atom. The number of aromatic nitrogens is 2. The Morgan fingerprint density at radius 1 is 1.18 bits per heavy atom. The molecule has 3 aromatic rings. The maximum atomic E-state index is 5.88. The first kappa shape index (κ1) is 10.1. The highest BCUT2D eigenvalue weighted by molar-refractivity contribution is 6.31. The second-order valence-electron chi connectivity index (χ2n) is 3.60. The molecule has 1 aromatic carbocycles. The second-order valence-corrected chi connectivity index (χ2v) is 4.04. The lowest BCUT2D eigenvalue weighted by atomic mass is 10.3. The first-order chi connectivity index (χ1) is 8.22. The van der Waals surface area contributed by atoms with E-state index in [1.54, 1.807) is 30.5 Å². The molecule has 0 bridgehead atoms. The van der Waals surface area contributed by atoms with Crippen molar-refractivity contribution in [2.24, 2.45) is 0 Å². The number of halogens is 1. The minimum atomic E-state index is 0.466. The van der Waals surface area contributed by atoms with Crippen LogP contribution in [0.3, 0.4) is 0 Å². The molecule has 0 unspecified atom stereocenters. The van der Waals surface area contributed by atoms with Crippen molar-refractivity contribution < 1.29 is 4.42 Å². The molecule has 84 valence electrons. The number of nitrogens with two attached hydrogens (primary N) is 1. The third-order valence-electron chi connectivity index (χ3n) is 2.38. The summed E-state index contributed by atoms with van der Waals surface area (Å²) in [5, 5.41) is 0.632. The fourth-order valence-electron chi connectivity index (χ4n) is 1.56.